The van der Waals surface area contributed by atoms with Crippen molar-refractivity contribution in [3.05, 3.63) is 24.3 Å². The summed E-state index contributed by atoms with van der Waals surface area (Å²) in [4.78, 5) is 11.0. The van der Waals surface area contributed by atoms with Crippen molar-refractivity contribution in [3.63, 3.8) is 0 Å². The topological polar surface area (TPSA) is 69.7 Å². The van der Waals surface area contributed by atoms with Crippen LogP contribution in [0.4, 0.5) is 0 Å². The molecule has 1 atom stereocenters. The molecule has 112 valence electrons. The normalized spacial score (nSPS) is 12.9. The number of benzene rings is 1. The van der Waals surface area contributed by atoms with E-state index in [-0.39, 0.29) is 10.7 Å². The Hall–Kier alpha value is -1.40. The van der Waals surface area contributed by atoms with Crippen LogP contribution in [-0.2, 0) is 19.4 Å². The largest absolute Gasteiger partial charge is 0.465 e. The number of carbonyl (C=O) groups is 1. The fourth-order valence-corrected chi connectivity index (χ4v) is 2.84. The molecule has 0 heterocycles. The fraction of sp³-hybridized carbons (Fsp3) is 0.500. The molecule has 0 spiro atoms. The van der Waals surface area contributed by atoms with Crippen LogP contribution in [-0.4, -0.2) is 32.9 Å². The summed E-state index contributed by atoms with van der Waals surface area (Å²) in [5, 5.41) is 0. The Morgan fingerprint density at radius 3 is 2.35 bits per heavy atom. The minimum atomic E-state index is -3.56. The van der Waals surface area contributed by atoms with E-state index in [1.54, 1.807) is 19.1 Å². The maximum absolute atomic E-state index is 11.8. The van der Waals surface area contributed by atoms with Crippen LogP contribution in [0.2, 0.25) is 0 Å². The van der Waals surface area contributed by atoms with Crippen LogP contribution in [0.15, 0.2) is 29.2 Å². The Bertz CT molecular complexity index is 533. The molecule has 0 aliphatic heterocycles. The van der Waals surface area contributed by atoms with Gasteiger partial charge in [-0.3, -0.25) is 4.79 Å². The molecule has 0 aliphatic carbocycles. The van der Waals surface area contributed by atoms with Crippen LogP contribution in [0, 0.1) is 0 Å². The van der Waals surface area contributed by atoms with Gasteiger partial charge in [0.2, 0.25) is 0 Å². The fourth-order valence-electron chi connectivity index (χ4n) is 1.59. The second-order valence-corrected chi connectivity index (χ2v) is 6.48. The van der Waals surface area contributed by atoms with Crippen LogP contribution < -0.4 is 4.74 Å². The van der Waals surface area contributed by atoms with E-state index in [1.165, 1.54) is 19.1 Å². The number of sulfone groups is 1. The zero-order valence-electron chi connectivity index (χ0n) is 12.0. The number of ketones is 1. The van der Waals surface area contributed by atoms with Crippen LogP contribution in [0.3, 0.4) is 0 Å². The first-order valence-corrected chi connectivity index (χ1v) is 8.11. The van der Waals surface area contributed by atoms with Gasteiger partial charge in [0.05, 0.1) is 11.5 Å². The zero-order chi connectivity index (χ0) is 15.2. The molecule has 5 nitrogen and oxygen atoms in total. The summed E-state index contributed by atoms with van der Waals surface area (Å²) < 4.78 is 34.5. The first-order valence-electron chi connectivity index (χ1n) is 6.45. The lowest BCUT2D eigenvalue weighted by molar-refractivity contribution is -0.114. The van der Waals surface area contributed by atoms with Gasteiger partial charge in [-0.25, -0.2) is 8.42 Å². The third kappa shape index (κ3) is 5.30. The van der Waals surface area contributed by atoms with Crippen molar-refractivity contribution in [1.29, 1.82) is 0 Å². The second kappa shape index (κ2) is 7.40. The third-order valence-electron chi connectivity index (χ3n) is 2.43. The minimum Gasteiger partial charge on any atom is -0.465 e. The van der Waals surface area contributed by atoms with Crippen molar-refractivity contribution in [2.75, 3.05) is 12.4 Å². The molecule has 1 unspecified atom stereocenters. The number of rotatable bonds is 8. The summed E-state index contributed by atoms with van der Waals surface area (Å²) in [6.07, 6.45) is 0.505. The van der Waals surface area contributed by atoms with Gasteiger partial charge >= 0.3 is 0 Å². The first kappa shape index (κ1) is 16.7. The lowest BCUT2D eigenvalue weighted by atomic mass is 10.3. The molecule has 0 amide bonds. The van der Waals surface area contributed by atoms with Crippen LogP contribution >= 0.6 is 0 Å². The van der Waals surface area contributed by atoms with Crippen molar-refractivity contribution >= 4 is 15.6 Å². The van der Waals surface area contributed by atoms with E-state index < -0.39 is 21.9 Å². The molecular formula is C14H20O5S. The Morgan fingerprint density at radius 1 is 1.25 bits per heavy atom. The van der Waals surface area contributed by atoms with Crippen molar-refractivity contribution in [2.45, 2.75) is 38.4 Å². The SMILES string of the molecule is CCCOC(C)Oc1ccc(S(=O)(=O)CC(C)=O)cc1. The Morgan fingerprint density at radius 2 is 1.85 bits per heavy atom. The summed E-state index contributed by atoms with van der Waals surface area (Å²) >= 11 is 0. The summed E-state index contributed by atoms with van der Waals surface area (Å²) in [7, 11) is -3.56. The van der Waals surface area contributed by atoms with E-state index in [1.807, 2.05) is 6.92 Å². The van der Waals surface area contributed by atoms with Crippen LogP contribution in [0.1, 0.15) is 27.2 Å². The van der Waals surface area contributed by atoms with Gasteiger partial charge in [0, 0.05) is 0 Å². The summed E-state index contributed by atoms with van der Waals surface area (Å²) in [6.45, 7) is 5.63. The van der Waals surface area contributed by atoms with E-state index in [2.05, 4.69) is 0 Å². The molecule has 1 aromatic carbocycles. The Balaban J connectivity index is 2.71. The first-order chi connectivity index (χ1) is 9.35. The number of carbonyl (C=O) groups excluding carboxylic acids is 1. The molecule has 1 aromatic rings. The van der Waals surface area contributed by atoms with Gasteiger partial charge in [0.1, 0.15) is 17.3 Å². The predicted molar refractivity (Wildman–Crippen MR) is 75.5 cm³/mol. The average molecular weight is 300 g/mol. The molecule has 0 N–H and O–H groups in total. The molecule has 0 fully saturated rings. The van der Waals surface area contributed by atoms with E-state index in [0.717, 1.165) is 6.42 Å². The second-order valence-electron chi connectivity index (χ2n) is 4.49. The number of Topliss-reactive ketones (excluding diaryl/α,β-unsaturated/α-hetero) is 1. The van der Waals surface area contributed by atoms with Crippen molar-refractivity contribution in [3.8, 4) is 5.75 Å². The monoisotopic (exact) mass is 300 g/mol. The van der Waals surface area contributed by atoms with Gasteiger partial charge in [-0.2, -0.15) is 0 Å². The molecular weight excluding hydrogens is 280 g/mol. The van der Waals surface area contributed by atoms with Gasteiger partial charge in [-0.15, -0.1) is 0 Å². The van der Waals surface area contributed by atoms with Crippen LogP contribution in [0.5, 0.6) is 5.75 Å². The van der Waals surface area contributed by atoms with Gasteiger partial charge in [0.25, 0.3) is 0 Å². The molecule has 0 radical (unpaired) electrons. The van der Waals surface area contributed by atoms with Gasteiger partial charge in [-0.05, 0) is 44.5 Å². The zero-order valence-corrected chi connectivity index (χ0v) is 12.8. The summed E-state index contributed by atoms with van der Waals surface area (Å²) in [5.74, 6) is -0.342. The lowest BCUT2D eigenvalue weighted by Crippen LogP contribution is -2.17. The smallest absolute Gasteiger partial charge is 0.196 e. The number of ether oxygens (including phenoxy) is 2. The minimum absolute atomic E-state index is 0.113. The maximum atomic E-state index is 11.8. The molecule has 0 saturated heterocycles. The highest BCUT2D eigenvalue weighted by Gasteiger charge is 2.17. The molecule has 1 rings (SSSR count). The van der Waals surface area contributed by atoms with Crippen molar-refractivity contribution in [1.82, 2.24) is 0 Å². The molecule has 6 heteroatoms. The van der Waals surface area contributed by atoms with Crippen molar-refractivity contribution < 1.29 is 22.7 Å². The lowest BCUT2D eigenvalue weighted by Gasteiger charge is -2.15. The standard InChI is InChI=1S/C14H20O5S/c1-4-9-18-12(3)19-13-5-7-14(8-6-13)20(16,17)10-11(2)15/h5-8,12H,4,9-10H2,1-3H3. The van der Waals surface area contributed by atoms with E-state index in [4.69, 9.17) is 9.47 Å². The number of hydrogen-bond acceptors (Lipinski definition) is 5. The van der Waals surface area contributed by atoms with Gasteiger partial charge < -0.3 is 9.47 Å². The molecule has 20 heavy (non-hydrogen) atoms. The average Bonchev–Trinajstić information content (AvgIpc) is 2.35. The predicted octanol–water partition coefficient (Wildman–Crippen LogP) is 2.20. The van der Waals surface area contributed by atoms with E-state index in [0.29, 0.717) is 12.4 Å². The van der Waals surface area contributed by atoms with E-state index in [9.17, 15) is 13.2 Å². The summed E-state index contributed by atoms with van der Waals surface area (Å²) in [6, 6.07) is 5.97. The van der Waals surface area contributed by atoms with E-state index >= 15 is 0 Å². The third-order valence-corrected chi connectivity index (χ3v) is 4.21. The highest BCUT2D eigenvalue weighted by molar-refractivity contribution is 7.92. The molecule has 0 aliphatic rings. The molecule has 0 bridgehead atoms. The highest BCUT2D eigenvalue weighted by atomic mass is 32.2. The summed E-state index contributed by atoms with van der Waals surface area (Å²) in [5.41, 5.74) is 0. The number of hydrogen-bond donors (Lipinski definition) is 0. The van der Waals surface area contributed by atoms with Gasteiger partial charge in [0.15, 0.2) is 16.1 Å². The van der Waals surface area contributed by atoms with Crippen LogP contribution in [0.25, 0.3) is 0 Å². The van der Waals surface area contributed by atoms with Crippen molar-refractivity contribution in [2.24, 2.45) is 0 Å². The molecule has 0 saturated carbocycles. The van der Waals surface area contributed by atoms with Gasteiger partial charge in [-0.1, -0.05) is 6.92 Å². The Kier molecular flexibility index (Phi) is 6.16. The quantitative estimate of drug-likeness (QED) is 0.688. The molecule has 0 aromatic heterocycles. The Labute approximate surface area is 119 Å². The highest BCUT2D eigenvalue weighted by Crippen LogP contribution is 2.18. The maximum Gasteiger partial charge on any atom is 0.196 e.